The van der Waals surface area contributed by atoms with Gasteiger partial charge in [0.25, 0.3) is 0 Å². The second-order valence-electron chi connectivity index (χ2n) is 11.4. The summed E-state index contributed by atoms with van der Waals surface area (Å²) in [4.78, 5) is 0. The summed E-state index contributed by atoms with van der Waals surface area (Å²) in [6, 6.07) is 54.3. The Balaban J connectivity index is 1.39. The van der Waals surface area contributed by atoms with Gasteiger partial charge in [-0.05, 0) is 103 Å². The summed E-state index contributed by atoms with van der Waals surface area (Å²) < 4.78 is 2.88. The van der Waals surface area contributed by atoms with Crippen LogP contribution >= 0.6 is 8.07 Å². The molecule has 2 unspecified atom stereocenters. The van der Waals surface area contributed by atoms with E-state index in [0.717, 1.165) is 12.8 Å². The third kappa shape index (κ3) is 6.65. The highest BCUT2D eigenvalue weighted by Crippen LogP contribution is 2.52. The number of hydrogen-bond donors (Lipinski definition) is 0. The first-order valence-electron chi connectivity index (χ1n) is 15.2. The van der Waals surface area contributed by atoms with Crippen LogP contribution in [0.3, 0.4) is 0 Å². The molecule has 0 fully saturated rings. The van der Waals surface area contributed by atoms with E-state index in [9.17, 15) is 0 Å². The summed E-state index contributed by atoms with van der Waals surface area (Å²) in [7, 11) is -0.451. The highest BCUT2D eigenvalue weighted by molar-refractivity contribution is 7.55. The molecular weight excluding hydrogens is 525 g/mol. The molecule has 6 aromatic carbocycles. The van der Waals surface area contributed by atoms with Crippen molar-refractivity contribution in [1.29, 1.82) is 0 Å². The van der Waals surface area contributed by atoms with E-state index in [1.807, 2.05) is 0 Å². The first kappa shape index (κ1) is 28.4. The smallest absolute Gasteiger partial charge is 0.0363 e. The first-order chi connectivity index (χ1) is 20.7. The molecule has 210 valence electrons. The third-order valence-corrected chi connectivity index (χ3v) is 11.5. The molecule has 0 saturated heterocycles. The first-order valence-corrected chi connectivity index (χ1v) is 16.9. The summed E-state index contributed by atoms with van der Waals surface area (Å²) >= 11 is 0. The predicted molar refractivity (Wildman–Crippen MR) is 184 cm³/mol. The summed E-state index contributed by atoms with van der Waals surface area (Å²) in [5.74, 6) is 0. The van der Waals surface area contributed by atoms with Crippen molar-refractivity contribution in [3.05, 3.63) is 168 Å². The van der Waals surface area contributed by atoms with Crippen molar-refractivity contribution in [1.82, 2.24) is 4.67 Å². The number of fused-ring (bicyclic) bond motifs is 2. The van der Waals surface area contributed by atoms with Crippen LogP contribution in [0.1, 0.15) is 48.2 Å². The molecule has 0 heterocycles. The normalized spacial score (nSPS) is 13.1. The maximum Gasteiger partial charge on any atom is 0.0363 e. The Hall–Kier alpha value is -3.77. The van der Waals surface area contributed by atoms with Crippen molar-refractivity contribution < 1.29 is 0 Å². The standard InChI is InChI=1S/C40H40NP/c1-31(37-23-21-35-17-9-11-19-39(35)29-37)41(32(2)38-24-22-36-18-10-12-20-40(36)30-38)42(27-25-33-13-5-3-6-14-33)28-26-34-15-7-4-8-16-34/h3-24,29-32H,25-28H2,1-2H3. The van der Waals surface area contributed by atoms with Crippen LogP contribution < -0.4 is 0 Å². The van der Waals surface area contributed by atoms with Gasteiger partial charge in [-0.1, -0.05) is 133 Å². The molecule has 0 aliphatic heterocycles. The molecule has 0 bridgehead atoms. The molecule has 2 heteroatoms. The summed E-state index contributed by atoms with van der Waals surface area (Å²) in [5.41, 5.74) is 5.66. The fourth-order valence-electron chi connectivity index (χ4n) is 6.21. The van der Waals surface area contributed by atoms with Gasteiger partial charge >= 0.3 is 0 Å². The van der Waals surface area contributed by atoms with E-state index >= 15 is 0 Å². The van der Waals surface area contributed by atoms with Crippen LogP contribution in [0, 0.1) is 0 Å². The Morgan fingerprint density at radius 2 is 0.833 bits per heavy atom. The highest BCUT2D eigenvalue weighted by atomic mass is 31.1. The molecule has 42 heavy (non-hydrogen) atoms. The second kappa shape index (κ2) is 13.5. The number of aryl methyl sites for hydroxylation is 2. The quantitative estimate of drug-likeness (QED) is 0.141. The lowest BCUT2D eigenvalue weighted by molar-refractivity contribution is 0.298. The van der Waals surface area contributed by atoms with Gasteiger partial charge in [0.05, 0.1) is 0 Å². The molecule has 6 rings (SSSR count). The van der Waals surface area contributed by atoms with Crippen LogP contribution in [0.2, 0.25) is 0 Å². The molecule has 0 saturated carbocycles. The van der Waals surface area contributed by atoms with Gasteiger partial charge in [-0.25, -0.2) is 0 Å². The van der Waals surface area contributed by atoms with Crippen LogP contribution in [0.4, 0.5) is 0 Å². The minimum absolute atomic E-state index is 0.286. The van der Waals surface area contributed by atoms with Gasteiger partial charge in [0.15, 0.2) is 0 Å². The average Bonchev–Trinajstić information content (AvgIpc) is 3.06. The zero-order chi connectivity index (χ0) is 28.7. The SMILES string of the molecule is CC(c1ccc2ccccc2c1)N(C(C)c1ccc2ccccc2c1)P(CCc1ccccc1)CCc1ccccc1. The van der Waals surface area contributed by atoms with Gasteiger partial charge in [-0.3, -0.25) is 4.67 Å². The van der Waals surface area contributed by atoms with E-state index < -0.39 is 8.07 Å². The number of benzene rings is 6. The van der Waals surface area contributed by atoms with E-state index in [4.69, 9.17) is 0 Å². The largest absolute Gasteiger partial charge is 0.268 e. The molecule has 1 nitrogen and oxygen atoms in total. The van der Waals surface area contributed by atoms with Gasteiger partial charge in [-0.15, -0.1) is 0 Å². The molecule has 6 aromatic rings. The monoisotopic (exact) mass is 565 g/mol. The average molecular weight is 566 g/mol. The molecule has 0 radical (unpaired) electrons. The molecule has 0 aliphatic carbocycles. The highest BCUT2D eigenvalue weighted by Gasteiger charge is 2.30. The van der Waals surface area contributed by atoms with Crippen LogP contribution in [-0.2, 0) is 12.8 Å². The van der Waals surface area contributed by atoms with Crippen molar-refractivity contribution in [3.8, 4) is 0 Å². The van der Waals surface area contributed by atoms with Gasteiger partial charge < -0.3 is 0 Å². The van der Waals surface area contributed by atoms with Gasteiger partial charge in [-0.2, -0.15) is 0 Å². The third-order valence-electron chi connectivity index (χ3n) is 8.63. The van der Waals surface area contributed by atoms with Crippen molar-refractivity contribution in [2.24, 2.45) is 0 Å². The number of hydrogen-bond acceptors (Lipinski definition) is 1. The van der Waals surface area contributed by atoms with Crippen molar-refractivity contribution in [3.63, 3.8) is 0 Å². The Labute approximate surface area is 252 Å². The fourth-order valence-corrected chi connectivity index (χ4v) is 9.18. The van der Waals surface area contributed by atoms with Crippen LogP contribution in [-0.4, -0.2) is 17.0 Å². The lowest BCUT2D eigenvalue weighted by Crippen LogP contribution is -2.28. The van der Waals surface area contributed by atoms with E-state index in [1.165, 1.54) is 56.1 Å². The molecule has 0 N–H and O–H groups in total. The Bertz CT molecular complexity index is 1600. The maximum atomic E-state index is 2.88. The zero-order valence-corrected chi connectivity index (χ0v) is 25.6. The molecule has 0 aromatic heterocycles. The molecule has 0 spiro atoms. The number of rotatable bonds is 11. The lowest BCUT2D eigenvalue weighted by Gasteiger charge is -2.42. The van der Waals surface area contributed by atoms with E-state index in [-0.39, 0.29) is 12.1 Å². The minimum atomic E-state index is -0.451. The van der Waals surface area contributed by atoms with Crippen LogP contribution in [0.15, 0.2) is 146 Å². The predicted octanol–water partition coefficient (Wildman–Crippen LogP) is 11.0. The maximum absolute atomic E-state index is 2.88. The molecular formula is C40H40NP. The molecule has 0 amide bonds. The summed E-state index contributed by atoms with van der Waals surface area (Å²) in [6.45, 7) is 4.87. The molecule has 0 aliphatic rings. The summed E-state index contributed by atoms with van der Waals surface area (Å²) in [6.07, 6.45) is 4.57. The second-order valence-corrected chi connectivity index (χ2v) is 13.7. The number of nitrogens with zero attached hydrogens (tertiary/aromatic N) is 1. The van der Waals surface area contributed by atoms with Crippen LogP contribution in [0.5, 0.6) is 0 Å². The Kier molecular flexibility index (Phi) is 9.09. The fraction of sp³-hybridized carbons (Fsp3) is 0.200. The van der Waals surface area contributed by atoms with Crippen molar-refractivity contribution >= 4 is 29.6 Å². The van der Waals surface area contributed by atoms with Crippen LogP contribution in [0.25, 0.3) is 21.5 Å². The van der Waals surface area contributed by atoms with Gasteiger partial charge in [0, 0.05) is 12.1 Å². The van der Waals surface area contributed by atoms with Crippen molar-refractivity contribution in [2.45, 2.75) is 38.8 Å². The van der Waals surface area contributed by atoms with Crippen molar-refractivity contribution in [2.75, 3.05) is 12.3 Å². The lowest BCUT2D eigenvalue weighted by atomic mass is 9.99. The van der Waals surface area contributed by atoms with Gasteiger partial charge in [0.2, 0.25) is 0 Å². The van der Waals surface area contributed by atoms with E-state index in [2.05, 4.69) is 164 Å². The Morgan fingerprint density at radius 3 is 1.26 bits per heavy atom. The zero-order valence-electron chi connectivity index (χ0n) is 24.7. The Morgan fingerprint density at radius 1 is 0.452 bits per heavy atom. The minimum Gasteiger partial charge on any atom is -0.268 e. The van der Waals surface area contributed by atoms with Gasteiger partial charge in [0.1, 0.15) is 0 Å². The topological polar surface area (TPSA) is 3.24 Å². The summed E-state index contributed by atoms with van der Waals surface area (Å²) in [5, 5.41) is 5.24. The molecule has 2 atom stereocenters. The van der Waals surface area contributed by atoms with E-state index in [0.29, 0.717) is 0 Å². The van der Waals surface area contributed by atoms with E-state index in [1.54, 1.807) is 0 Å².